The van der Waals surface area contributed by atoms with Crippen LogP contribution in [0.25, 0.3) is 17.4 Å². The summed E-state index contributed by atoms with van der Waals surface area (Å²) in [5, 5.41) is 4.11. The number of anilines is 1. The first-order valence-corrected chi connectivity index (χ1v) is 13.9. The van der Waals surface area contributed by atoms with Crippen LogP contribution >= 0.6 is 34.5 Å². The molecule has 198 valence electrons. The predicted octanol–water partition coefficient (Wildman–Crippen LogP) is 6.44. The van der Waals surface area contributed by atoms with Gasteiger partial charge in [-0.2, -0.15) is 0 Å². The maximum atomic E-state index is 13.9. The molecule has 3 heterocycles. The summed E-state index contributed by atoms with van der Waals surface area (Å²) in [6, 6.07) is 26.6. The Morgan fingerprint density at radius 2 is 1.75 bits per heavy atom. The van der Waals surface area contributed by atoms with E-state index < -0.39 is 6.04 Å². The van der Waals surface area contributed by atoms with E-state index in [4.69, 9.17) is 27.6 Å². The van der Waals surface area contributed by atoms with E-state index in [1.54, 1.807) is 54.0 Å². The van der Waals surface area contributed by atoms with Gasteiger partial charge in [0.15, 0.2) is 4.80 Å². The summed E-state index contributed by atoms with van der Waals surface area (Å²) < 4.78 is 8.01. The van der Waals surface area contributed by atoms with Gasteiger partial charge in [0, 0.05) is 27.4 Å². The molecule has 0 radical (unpaired) electrons. The highest BCUT2D eigenvalue weighted by Gasteiger charge is 2.32. The van der Waals surface area contributed by atoms with E-state index in [1.807, 2.05) is 54.6 Å². The summed E-state index contributed by atoms with van der Waals surface area (Å²) >= 11 is 13.5. The predicted molar refractivity (Wildman–Crippen MR) is 159 cm³/mol. The average Bonchev–Trinajstić information content (AvgIpc) is 3.53. The van der Waals surface area contributed by atoms with E-state index in [9.17, 15) is 9.59 Å². The smallest absolute Gasteiger partial charge is 0.271 e. The number of benzene rings is 3. The van der Waals surface area contributed by atoms with Crippen molar-refractivity contribution in [1.29, 1.82) is 0 Å². The second-order valence-electron chi connectivity index (χ2n) is 9.17. The second kappa shape index (κ2) is 10.8. The molecule has 1 N–H and O–H groups in total. The molecular weight excluding hydrogens is 565 g/mol. The number of halogens is 2. The van der Waals surface area contributed by atoms with Crippen LogP contribution in [-0.2, 0) is 4.79 Å². The molecule has 1 atom stereocenters. The van der Waals surface area contributed by atoms with Gasteiger partial charge in [0.2, 0.25) is 0 Å². The standard InChI is InChI=1S/C31H21Cl2N3O3S/c1-18-27(29(37)35-23-8-3-2-4-9-23)28(19-10-12-21(32)13-11-19)36-30(38)26(40-31(36)34-18)17-24-14-15-25(39-24)20-6-5-7-22(33)16-20/h2-17,28H,1H3,(H,35,37)/b26-17+/t28-/m1/s1. The first-order chi connectivity index (χ1) is 19.4. The molecule has 1 aliphatic heterocycles. The van der Waals surface area contributed by atoms with E-state index in [2.05, 4.69) is 10.3 Å². The SMILES string of the molecule is CC1=C(C(=O)Nc2ccccc2)[C@@H](c2ccc(Cl)cc2)n2c(s/c(=C/c3ccc(-c4cccc(Cl)c4)o3)c2=O)=N1. The summed E-state index contributed by atoms with van der Waals surface area (Å²) in [6.07, 6.45) is 1.69. The molecule has 6 rings (SSSR count). The molecule has 0 fully saturated rings. The average molecular weight is 587 g/mol. The molecule has 0 spiro atoms. The van der Waals surface area contributed by atoms with Crippen LogP contribution < -0.4 is 20.2 Å². The molecule has 0 aliphatic carbocycles. The molecule has 1 aliphatic rings. The molecule has 5 aromatic rings. The molecule has 0 bridgehead atoms. The number of rotatable bonds is 5. The van der Waals surface area contributed by atoms with Gasteiger partial charge in [-0.25, -0.2) is 4.99 Å². The third-order valence-electron chi connectivity index (χ3n) is 6.49. The quantitative estimate of drug-likeness (QED) is 0.258. The minimum absolute atomic E-state index is 0.276. The van der Waals surface area contributed by atoms with E-state index in [-0.39, 0.29) is 11.5 Å². The van der Waals surface area contributed by atoms with Gasteiger partial charge in [-0.15, -0.1) is 0 Å². The number of carbonyl (C=O) groups excluding carboxylic acids is 1. The summed E-state index contributed by atoms with van der Waals surface area (Å²) in [7, 11) is 0. The molecular formula is C31H21Cl2N3O3S. The molecule has 9 heteroatoms. The number of para-hydroxylation sites is 1. The Morgan fingerprint density at radius 3 is 2.50 bits per heavy atom. The lowest BCUT2D eigenvalue weighted by atomic mass is 9.95. The Hall–Kier alpha value is -4.17. The summed E-state index contributed by atoms with van der Waals surface area (Å²) in [6.45, 7) is 1.78. The Kier molecular flexibility index (Phi) is 7.02. The van der Waals surface area contributed by atoms with Crippen molar-refractivity contribution in [2.45, 2.75) is 13.0 Å². The van der Waals surface area contributed by atoms with Crippen LogP contribution in [0.4, 0.5) is 5.69 Å². The Balaban J connectivity index is 1.45. The van der Waals surface area contributed by atoms with Gasteiger partial charge >= 0.3 is 0 Å². The molecule has 2 aromatic heterocycles. The van der Waals surface area contributed by atoms with Crippen LogP contribution in [0.3, 0.4) is 0 Å². The largest absolute Gasteiger partial charge is 0.457 e. The summed E-state index contributed by atoms with van der Waals surface area (Å²) in [5.41, 5.74) is 2.86. The maximum Gasteiger partial charge on any atom is 0.271 e. The summed E-state index contributed by atoms with van der Waals surface area (Å²) in [4.78, 5) is 32.6. The zero-order chi connectivity index (χ0) is 27.8. The van der Waals surface area contributed by atoms with Crippen LogP contribution in [0.1, 0.15) is 24.3 Å². The molecule has 0 unspecified atom stereocenters. The van der Waals surface area contributed by atoms with Crippen LogP contribution in [0.5, 0.6) is 0 Å². The van der Waals surface area contributed by atoms with Crippen molar-refractivity contribution < 1.29 is 9.21 Å². The van der Waals surface area contributed by atoms with Gasteiger partial charge in [0.25, 0.3) is 11.5 Å². The van der Waals surface area contributed by atoms with Gasteiger partial charge in [-0.3, -0.25) is 14.2 Å². The Labute approximate surface area is 243 Å². The number of hydrogen-bond acceptors (Lipinski definition) is 5. The molecule has 0 saturated heterocycles. The van der Waals surface area contributed by atoms with Gasteiger partial charge in [0.05, 0.1) is 21.8 Å². The molecule has 6 nitrogen and oxygen atoms in total. The number of hydrogen-bond donors (Lipinski definition) is 1. The summed E-state index contributed by atoms with van der Waals surface area (Å²) in [5.74, 6) is 0.816. The molecule has 40 heavy (non-hydrogen) atoms. The van der Waals surface area contributed by atoms with Crippen molar-refractivity contribution in [2.24, 2.45) is 4.99 Å². The zero-order valence-corrected chi connectivity index (χ0v) is 23.4. The fourth-order valence-electron chi connectivity index (χ4n) is 4.65. The van der Waals surface area contributed by atoms with Crippen molar-refractivity contribution in [3.63, 3.8) is 0 Å². The number of carbonyl (C=O) groups is 1. The lowest BCUT2D eigenvalue weighted by Crippen LogP contribution is -2.40. The van der Waals surface area contributed by atoms with Gasteiger partial charge in [-0.05, 0) is 61.0 Å². The first-order valence-electron chi connectivity index (χ1n) is 12.4. The van der Waals surface area contributed by atoms with Crippen molar-refractivity contribution in [1.82, 2.24) is 4.57 Å². The molecule has 0 saturated carbocycles. The number of nitrogens with one attached hydrogen (secondary N) is 1. The van der Waals surface area contributed by atoms with Crippen LogP contribution in [0.15, 0.2) is 116 Å². The minimum atomic E-state index is -0.696. The minimum Gasteiger partial charge on any atom is -0.457 e. The van der Waals surface area contributed by atoms with Crippen molar-refractivity contribution in [2.75, 3.05) is 5.32 Å². The number of nitrogens with zero attached hydrogens (tertiary/aromatic N) is 2. The van der Waals surface area contributed by atoms with Gasteiger partial charge in [-0.1, -0.05) is 77.0 Å². The third-order valence-corrected chi connectivity index (χ3v) is 7.96. The van der Waals surface area contributed by atoms with E-state index in [0.717, 1.165) is 11.1 Å². The Bertz CT molecular complexity index is 1960. The maximum absolute atomic E-state index is 13.9. The number of thiazole rings is 1. The number of amides is 1. The van der Waals surface area contributed by atoms with E-state index in [1.165, 1.54) is 11.3 Å². The highest BCUT2D eigenvalue weighted by Crippen LogP contribution is 2.31. The number of allylic oxidation sites excluding steroid dienone is 1. The second-order valence-corrected chi connectivity index (χ2v) is 11.0. The lowest BCUT2D eigenvalue weighted by molar-refractivity contribution is -0.113. The van der Waals surface area contributed by atoms with Gasteiger partial charge in [0.1, 0.15) is 11.5 Å². The fourth-order valence-corrected chi connectivity index (χ4v) is 5.99. The van der Waals surface area contributed by atoms with Crippen LogP contribution in [0, 0.1) is 0 Å². The number of fused-ring (bicyclic) bond motifs is 1. The lowest BCUT2D eigenvalue weighted by Gasteiger charge is -2.25. The highest BCUT2D eigenvalue weighted by molar-refractivity contribution is 7.07. The van der Waals surface area contributed by atoms with Crippen LogP contribution in [-0.4, -0.2) is 10.5 Å². The third kappa shape index (κ3) is 5.07. The van der Waals surface area contributed by atoms with Crippen molar-refractivity contribution in [3.8, 4) is 11.3 Å². The van der Waals surface area contributed by atoms with Gasteiger partial charge < -0.3 is 9.73 Å². The number of furan rings is 1. The van der Waals surface area contributed by atoms with Crippen molar-refractivity contribution in [3.05, 3.63) is 143 Å². The van der Waals surface area contributed by atoms with E-state index >= 15 is 0 Å². The first kappa shape index (κ1) is 26.1. The van der Waals surface area contributed by atoms with Crippen LogP contribution in [0.2, 0.25) is 10.0 Å². The zero-order valence-electron chi connectivity index (χ0n) is 21.1. The molecule has 3 aromatic carbocycles. The fraction of sp³-hybridized carbons (Fsp3) is 0.0645. The van der Waals surface area contributed by atoms with E-state index in [0.29, 0.717) is 47.9 Å². The highest BCUT2D eigenvalue weighted by atomic mass is 35.5. The normalized spacial score (nSPS) is 15.1. The molecule has 1 amide bonds. The monoisotopic (exact) mass is 585 g/mol. The van der Waals surface area contributed by atoms with Crippen molar-refractivity contribution >= 4 is 52.2 Å². The topological polar surface area (TPSA) is 76.6 Å². The number of aromatic nitrogens is 1. The Morgan fingerprint density at radius 1 is 0.975 bits per heavy atom.